The second kappa shape index (κ2) is 5.90. The van der Waals surface area contributed by atoms with Crippen LogP contribution in [0.2, 0.25) is 0 Å². The van der Waals surface area contributed by atoms with Gasteiger partial charge in [-0.1, -0.05) is 30.3 Å². The Hall–Kier alpha value is -2.19. The largest absolute Gasteiger partial charge is 0.488 e. The summed E-state index contributed by atoms with van der Waals surface area (Å²) < 4.78 is 36.4. The molecule has 114 valence electrons. The topological polar surface area (TPSA) is 74.6 Å². The normalized spacial score (nSPS) is 11.5. The molecule has 0 aliphatic heterocycles. The fraction of sp³-hybridized carbons (Fsp3) is 0.143. The van der Waals surface area contributed by atoms with E-state index in [1.54, 1.807) is 0 Å². The Bertz CT molecular complexity index is 740. The molecule has 0 aliphatic rings. The van der Waals surface area contributed by atoms with Crippen LogP contribution in [0.15, 0.2) is 36.4 Å². The average molecular weight is 310 g/mol. The van der Waals surface area contributed by atoms with Crippen molar-refractivity contribution in [1.29, 1.82) is 0 Å². The van der Waals surface area contributed by atoms with Gasteiger partial charge in [-0.05, 0) is 22.3 Å². The van der Waals surface area contributed by atoms with Crippen LogP contribution >= 0.6 is 0 Å². The molecule has 0 bridgehead atoms. The van der Waals surface area contributed by atoms with Crippen molar-refractivity contribution in [1.82, 2.24) is 0 Å². The van der Waals surface area contributed by atoms with Gasteiger partial charge in [-0.2, -0.15) is 13.2 Å². The highest BCUT2D eigenvalue weighted by molar-refractivity contribution is 6.58. The number of Topliss-reactive ketones (excluding diaryl/α,β-unsaturated/α-hetero) is 2. The maximum atomic E-state index is 12.1. The van der Waals surface area contributed by atoms with E-state index in [2.05, 4.69) is 0 Å². The van der Waals surface area contributed by atoms with Gasteiger partial charge in [0.05, 0.1) is 6.42 Å². The molecular weight excluding hydrogens is 300 g/mol. The van der Waals surface area contributed by atoms with Gasteiger partial charge in [0, 0.05) is 5.56 Å². The third kappa shape index (κ3) is 3.52. The number of hydrogen-bond acceptors (Lipinski definition) is 4. The minimum atomic E-state index is -5.03. The molecule has 2 aromatic carbocycles. The zero-order valence-electron chi connectivity index (χ0n) is 11.1. The van der Waals surface area contributed by atoms with E-state index >= 15 is 0 Å². The van der Waals surface area contributed by atoms with E-state index < -0.39 is 31.3 Å². The van der Waals surface area contributed by atoms with Crippen LogP contribution in [0.3, 0.4) is 0 Å². The summed E-state index contributed by atoms with van der Waals surface area (Å²) in [6, 6.07) is 8.52. The fourth-order valence-corrected chi connectivity index (χ4v) is 1.95. The average Bonchev–Trinajstić information content (AvgIpc) is 2.44. The van der Waals surface area contributed by atoms with E-state index in [1.807, 2.05) is 0 Å². The highest BCUT2D eigenvalue weighted by atomic mass is 19.4. The van der Waals surface area contributed by atoms with Gasteiger partial charge >= 0.3 is 13.3 Å². The molecule has 0 spiro atoms. The number of carbonyl (C=O) groups excluding carboxylic acids is 2. The fourth-order valence-electron chi connectivity index (χ4n) is 1.95. The molecule has 0 aromatic heterocycles. The zero-order chi connectivity index (χ0) is 16.5. The van der Waals surface area contributed by atoms with Crippen molar-refractivity contribution in [2.45, 2.75) is 12.6 Å². The van der Waals surface area contributed by atoms with Gasteiger partial charge < -0.3 is 10.0 Å². The van der Waals surface area contributed by atoms with Crippen LogP contribution < -0.4 is 5.46 Å². The first kappa shape index (κ1) is 16.2. The molecule has 0 amide bonds. The molecule has 0 atom stereocenters. The molecule has 22 heavy (non-hydrogen) atoms. The molecule has 0 fully saturated rings. The van der Waals surface area contributed by atoms with E-state index in [9.17, 15) is 22.8 Å². The lowest BCUT2D eigenvalue weighted by atomic mass is 9.79. The number of ketones is 2. The van der Waals surface area contributed by atoms with E-state index in [4.69, 9.17) is 10.0 Å². The van der Waals surface area contributed by atoms with Crippen molar-refractivity contribution in [2.24, 2.45) is 0 Å². The van der Waals surface area contributed by atoms with Gasteiger partial charge in [-0.3, -0.25) is 9.59 Å². The first-order valence-electron chi connectivity index (χ1n) is 6.21. The van der Waals surface area contributed by atoms with Crippen LogP contribution in [0.1, 0.15) is 16.8 Å². The maximum absolute atomic E-state index is 12.1. The van der Waals surface area contributed by atoms with E-state index in [-0.39, 0.29) is 11.0 Å². The summed E-state index contributed by atoms with van der Waals surface area (Å²) in [4.78, 5) is 22.5. The number of alkyl halides is 3. The molecule has 0 saturated heterocycles. The second-order valence-electron chi connectivity index (χ2n) is 4.72. The van der Waals surface area contributed by atoms with Crippen LogP contribution in [-0.4, -0.2) is 34.9 Å². The first-order chi connectivity index (χ1) is 10.2. The molecule has 0 unspecified atom stereocenters. The molecule has 2 N–H and O–H groups in total. The summed E-state index contributed by atoms with van der Waals surface area (Å²) in [6.07, 6.45) is -6.26. The molecule has 0 heterocycles. The minimum Gasteiger partial charge on any atom is -0.423 e. The summed E-state index contributed by atoms with van der Waals surface area (Å²) >= 11 is 0. The van der Waals surface area contributed by atoms with E-state index in [1.165, 1.54) is 36.4 Å². The summed E-state index contributed by atoms with van der Waals surface area (Å²) in [5.41, 5.74) is 0.237. The Labute approximate surface area is 123 Å². The molecule has 0 aliphatic carbocycles. The standard InChI is InChI=1S/C14H10BF3O4/c16-14(17,18)13(20)7-12(19)10-2-1-9-6-11(15(21)22)4-3-8(9)5-10/h1-6,21-22H,7H2. The third-order valence-corrected chi connectivity index (χ3v) is 3.12. The third-order valence-electron chi connectivity index (χ3n) is 3.12. The van der Waals surface area contributed by atoms with Gasteiger partial charge in [0.25, 0.3) is 0 Å². The smallest absolute Gasteiger partial charge is 0.423 e. The minimum absolute atomic E-state index is 0.0117. The van der Waals surface area contributed by atoms with Crippen LogP contribution in [-0.2, 0) is 4.79 Å². The Morgan fingerprint density at radius 2 is 1.59 bits per heavy atom. The lowest BCUT2D eigenvalue weighted by molar-refractivity contribution is -0.170. The Balaban J connectivity index is 2.28. The second-order valence-corrected chi connectivity index (χ2v) is 4.72. The molecule has 4 nitrogen and oxygen atoms in total. The van der Waals surface area contributed by atoms with Crippen LogP contribution in [0.25, 0.3) is 10.8 Å². The van der Waals surface area contributed by atoms with Gasteiger partial charge in [0.15, 0.2) is 5.78 Å². The van der Waals surface area contributed by atoms with Crippen LogP contribution in [0.5, 0.6) is 0 Å². The number of halogens is 3. The summed E-state index contributed by atoms with van der Waals surface area (Å²) in [5, 5.41) is 19.2. The predicted molar refractivity (Wildman–Crippen MR) is 73.8 cm³/mol. The summed E-state index contributed by atoms with van der Waals surface area (Å²) in [5.74, 6) is -3.01. The molecule has 2 aromatic rings. The Kier molecular flexibility index (Phi) is 4.34. The summed E-state index contributed by atoms with van der Waals surface area (Å²) in [6.45, 7) is 0. The number of rotatable bonds is 4. The van der Waals surface area contributed by atoms with E-state index in [0.29, 0.717) is 10.8 Å². The number of hydrogen-bond donors (Lipinski definition) is 2. The monoisotopic (exact) mass is 310 g/mol. The van der Waals surface area contributed by atoms with Crippen molar-refractivity contribution in [3.63, 3.8) is 0 Å². The van der Waals surface area contributed by atoms with Crippen molar-refractivity contribution in [3.05, 3.63) is 42.0 Å². The molecule has 8 heteroatoms. The number of fused-ring (bicyclic) bond motifs is 1. The Morgan fingerprint density at radius 1 is 1.00 bits per heavy atom. The quantitative estimate of drug-likeness (QED) is 0.506. The van der Waals surface area contributed by atoms with Gasteiger partial charge in [0.2, 0.25) is 5.78 Å². The van der Waals surface area contributed by atoms with Gasteiger partial charge in [-0.25, -0.2) is 0 Å². The van der Waals surface area contributed by atoms with E-state index in [0.717, 1.165) is 0 Å². The SMILES string of the molecule is O=C(CC(=O)C(F)(F)F)c1ccc2cc(B(O)O)ccc2c1. The lowest BCUT2D eigenvalue weighted by Crippen LogP contribution is -2.29. The van der Waals surface area contributed by atoms with Gasteiger partial charge in [0.1, 0.15) is 0 Å². The lowest BCUT2D eigenvalue weighted by Gasteiger charge is -2.07. The zero-order valence-corrected chi connectivity index (χ0v) is 11.1. The van der Waals surface area contributed by atoms with Crippen molar-refractivity contribution in [3.8, 4) is 0 Å². The molecule has 2 rings (SSSR count). The van der Waals surface area contributed by atoms with Gasteiger partial charge in [-0.15, -0.1) is 0 Å². The van der Waals surface area contributed by atoms with Crippen LogP contribution in [0.4, 0.5) is 13.2 Å². The van der Waals surface area contributed by atoms with Crippen molar-refractivity contribution < 1.29 is 32.8 Å². The predicted octanol–water partition coefficient (Wildman–Crippen LogP) is 1.22. The Morgan fingerprint density at radius 3 is 2.18 bits per heavy atom. The highest BCUT2D eigenvalue weighted by Crippen LogP contribution is 2.21. The number of benzene rings is 2. The molecular formula is C14H10BF3O4. The first-order valence-corrected chi connectivity index (χ1v) is 6.21. The number of carbonyl (C=O) groups is 2. The molecule has 0 radical (unpaired) electrons. The van der Waals surface area contributed by atoms with Crippen molar-refractivity contribution >= 4 is 34.9 Å². The molecule has 0 saturated carbocycles. The summed E-state index contributed by atoms with van der Waals surface area (Å²) in [7, 11) is -1.64. The maximum Gasteiger partial charge on any atom is 0.488 e. The highest BCUT2D eigenvalue weighted by Gasteiger charge is 2.39. The van der Waals surface area contributed by atoms with Crippen molar-refractivity contribution in [2.75, 3.05) is 0 Å². The van der Waals surface area contributed by atoms with Crippen LogP contribution in [0, 0.1) is 0 Å².